The lowest BCUT2D eigenvalue weighted by Gasteiger charge is -2.32. The number of rotatable bonds is 2. The van der Waals surface area contributed by atoms with E-state index < -0.39 is 0 Å². The lowest BCUT2D eigenvalue weighted by Crippen LogP contribution is -2.24. The van der Waals surface area contributed by atoms with Gasteiger partial charge in [-0.3, -0.25) is 4.79 Å². The summed E-state index contributed by atoms with van der Waals surface area (Å²) in [5.41, 5.74) is 1.81. The summed E-state index contributed by atoms with van der Waals surface area (Å²) in [6, 6.07) is 0. The Hall–Kier alpha value is -1.05. The Morgan fingerprint density at radius 3 is 2.65 bits per heavy atom. The smallest absolute Gasteiger partial charge is 0.226 e. The van der Waals surface area contributed by atoms with Gasteiger partial charge >= 0.3 is 0 Å². The van der Waals surface area contributed by atoms with Crippen LogP contribution in [0.25, 0.3) is 0 Å². The third-order valence-corrected chi connectivity index (χ3v) is 4.75. The van der Waals surface area contributed by atoms with Crippen LogP contribution in [-0.2, 0) is 4.79 Å². The fourth-order valence-electron chi connectivity index (χ4n) is 3.14. The second-order valence-corrected chi connectivity index (χ2v) is 7.33. The van der Waals surface area contributed by atoms with Crippen LogP contribution in [0.2, 0.25) is 0 Å². The van der Waals surface area contributed by atoms with Gasteiger partial charge in [-0.1, -0.05) is 38.8 Å². The minimum atomic E-state index is 0.294. The van der Waals surface area contributed by atoms with Crippen molar-refractivity contribution < 1.29 is 4.79 Å². The normalized spacial score (nSPS) is 25.8. The van der Waals surface area contributed by atoms with E-state index in [1.54, 1.807) is 0 Å². The van der Waals surface area contributed by atoms with Crippen LogP contribution in [0, 0.1) is 11.3 Å². The molecular formula is C18H29NO. The molecule has 0 saturated carbocycles. The Kier molecular flexibility index (Phi) is 5.06. The maximum absolute atomic E-state index is 11.9. The van der Waals surface area contributed by atoms with Gasteiger partial charge < -0.3 is 4.90 Å². The predicted octanol–water partition coefficient (Wildman–Crippen LogP) is 4.68. The van der Waals surface area contributed by atoms with E-state index in [0.29, 0.717) is 11.3 Å². The molecule has 1 unspecified atom stereocenters. The first kappa shape index (κ1) is 15.3. The van der Waals surface area contributed by atoms with Crippen LogP contribution in [0.1, 0.15) is 65.7 Å². The average Bonchev–Trinajstić information content (AvgIpc) is 2.61. The van der Waals surface area contributed by atoms with Gasteiger partial charge in [-0.2, -0.15) is 0 Å². The summed E-state index contributed by atoms with van der Waals surface area (Å²) < 4.78 is 0. The molecule has 0 bridgehead atoms. The number of carbonyl (C=O) groups excluding carboxylic acids is 1. The molecule has 0 aromatic heterocycles. The molecule has 2 aliphatic rings. The monoisotopic (exact) mass is 275 g/mol. The first-order valence-corrected chi connectivity index (χ1v) is 8.13. The highest BCUT2D eigenvalue weighted by molar-refractivity contribution is 5.77. The Bertz CT molecular complexity index is 400. The van der Waals surface area contributed by atoms with Crippen molar-refractivity contribution in [2.45, 2.75) is 65.7 Å². The largest absolute Gasteiger partial charge is 0.319 e. The second-order valence-electron chi connectivity index (χ2n) is 7.33. The zero-order valence-electron chi connectivity index (χ0n) is 13.3. The second kappa shape index (κ2) is 6.60. The molecular weight excluding hydrogens is 246 g/mol. The van der Waals surface area contributed by atoms with Gasteiger partial charge in [0.1, 0.15) is 0 Å². The summed E-state index contributed by atoms with van der Waals surface area (Å²) in [6.07, 6.45) is 14.3. The molecule has 2 rings (SSSR count). The van der Waals surface area contributed by atoms with Crippen molar-refractivity contribution in [3.63, 3.8) is 0 Å². The van der Waals surface area contributed by atoms with E-state index in [4.69, 9.17) is 0 Å². The number of hydrogen-bond acceptors (Lipinski definition) is 1. The Morgan fingerprint density at radius 1 is 1.20 bits per heavy atom. The van der Waals surface area contributed by atoms with Gasteiger partial charge in [0.15, 0.2) is 0 Å². The van der Waals surface area contributed by atoms with Crippen molar-refractivity contribution in [1.29, 1.82) is 0 Å². The zero-order chi connectivity index (χ0) is 14.6. The Labute approximate surface area is 123 Å². The Balaban J connectivity index is 1.92. The van der Waals surface area contributed by atoms with Gasteiger partial charge in [0.05, 0.1) is 0 Å². The molecule has 112 valence electrons. The van der Waals surface area contributed by atoms with Crippen LogP contribution in [-0.4, -0.2) is 17.4 Å². The number of nitrogens with zero attached hydrogens (tertiary/aromatic N) is 1. The SMILES string of the molecule is CC(C)(C)C1CC=C(/C=C/N2CCCCCC2=O)CC1. The van der Waals surface area contributed by atoms with Gasteiger partial charge in [-0.15, -0.1) is 0 Å². The van der Waals surface area contributed by atoms with Crippen molar-refractivity contribution in [1.82, 2.24) is 4.90 Å². The number of hydrogen-bond donors (Lipinski definition) is 0. The molecule has 1 atom stereocenters. The molecule has 1 aliphatic heterocycles. The molecule has 0 radical (unpaired) electrons. The maximum atomic E-state index is 11.9. The molecule has 2 heteroatoms. The van der Waals surface area contributed by atoms with Crippen molar-refractivity contribution in [2.24, 2.45) is 11.3 Å². The number of carbonyl (C=O) groups is 1. The molecule has 0 aromatic rings. The average molecular weight is 275 g/mol. The molecule has 0 N–H and O–H groups in total. The lowest BCUT2D eigenvalue weighted by molar-refractivity contribution is -0.128. The summed E-state index contributed by atoms with van der Waals surface area (Å²) in [5, 5.41) is 0. The van der Waals surface area contributed by atoms with E-state index in [1.165, 1.54) is 24.8 Å². The number of allylic oxidation sites excluding steroid dienone is 3. The van der Waals surface area contributed by atoms with E-state index in [1.807, 2.05) is 11.1 Å². The third-order valence-electron chi connectivity index (χ3n) is 4.75. The minimum absolute atomic E-state index is 0.294. The summed E-state index contributed by atoms with van der Waals surface area (Å²) in [4.78, 5) is 13.8. The van der Waals surface area contributed by atoms with Crippen LogP contribution in [0.15, 0.2) is 23.9 Å². The standard InChI is InChI=1S/C18H29NO/c1-18(2,3)16-10-8-15(9-11-16)12-14-19-13-6-4-5-7-17(19)20/h8,12,14,16H,4-7,9-11,13H2,1-3H3/b14-12+. The molecule has 1 amide bonds. The molecule has 1 aliphatic carbocycles. The fraction of sp³-hybridized carbons (Fsp3) is 0.722. The minimum Gasteiger partial charge on any atom is -0.319 e. The number of likely N-dealkylation sites (tertiary alicyclic amines) is 1. The molecule has 0 spiro atoms. The van der Waals surface area contributed by atoms with E-state index in [9.17, 15) is 4.79 Å². The van der Waals surface area contributed by atoms with Gasteiger partial charge in [0.2, 0.25) is 5.91 Å². The van der Waals surface area contributed by atoms with Crippen molar-refractivity contribution in [3.8, 4) is 0 Å². The van der Waals surface area contributed by atoms with E-state index >= 15 is 0 Å². The van der Waals surface area contributed by atoms with Gasteiger partial charge in [0.25, 0.3) is 0 Å². The molecule has 1 heterocycles. The van der Waals surface area contributed by atoms with Gasteiger partial charge in [0, 0.05) is 19.2 Å². The number of amides is 1. The summed E-state index contributed by atoms with van der Waals surface area (Å²) in [7, 11) is 0. The van der Waals surface area contributed by atoms with Gasteiger partial charge in [-0.05, 0) is 49.5 Å². The quantitative estimate of drug-likeness (QED) is 0.717. The molecule has 0 aromatic carbocycles. The maximum Gasteiger partial charge on any atom is 0.226 e. The Morgan fingerprint density at radius 2 is 2.00 bits per heavy atom. The fourth-order valence-corrected chi connectivity index (χ4v) is 3.14. The summed E-state index contributed by atoms with van der Waals surface area (Å²) >= 11 is 0. The van der Waals surface area contributed by atoms with E-state index in [0.717, 1.165) is 38.1 Å². The van der Waals surface area contributed by atoms with Crippen LogP contribution in [0.4, 0.5) is 0 Å². The van der Waals surface area contributed by atoms with Crippen LogP contribution in [0.3, 0.4) is 0 Å². The highest BCUT2D eigenvalue weighted by Gasteiger charge is 2.25. The highest BCUT2D eigenvalue weighted by atomic mass is 16.2. The van der Waals surface area contributed by atoms with Crippen molar-refractivity contribution in [2.75, 3.05) is 6.54 Å². The van der Waals surface area contributed by atoms with Crippen LogP contribution in [0.5, 0.6) is 0 Å². The van der Waals surface area contributed by atoms with Gasteiger partial charge in [-0.25, -0.2) is 0 Å². The first-order valence-electron chi connectivity index (χ1n) is 8.13. The van der Waals surface area contributed by atoms with Crippen molar-refractivity contribution >= 4 is 5.91 Å². The zero-order valence-corrected chi connectivity index (χ0v) is 13.3. The molecule has 20 heavy (non-hydrogen) atoms. The highest BCUT2D eigenvalue weighted by Crippen LogP contribution is 2.37. The summed E-state index contributed by atoms with van der Waals surface area (Å²) in [6.45, 7) is 7.90. The summed E-state index contributed by atoms with van der Waals surface area (Å²) in [5.74, 6) is 1.09. The molecule has 1 fully saturated rings. The van der Waals surface area contributed by atoms with Crippen LogP contribution >= 0.6 is 0 Å². The topological polar surface area (TPSA) is 20.3 Å². The lowest BCUT2D eigenvalue weighted by atomic mass is 9.73. The molecule has 1 saturated heterocycles. The van der Waals surface area contributed by atoms with Crippen LogP contribution < -0.4 is 0 Å². The molecule has 2 nitrogen and oxygen atoms in total. The third kappa shape index (κ3) is 4.22. The predicted molar refractivity (Wildman–Crippen MR) is 84.2 cm³/mol. The first-order chi connectivity index (χ1) is 9.47. The van der Waals surface area contributed by atoms with E-state index in [-0.39, 0.29) is 0 Å². The van der Waals surface area contributed by atoms with E-state index in [2.05, 4.69) is 32.9 Å². The van der Waals surface area contributed by atoms with Crippen molar-refractivity contribution in [3.05, 3.63) is 23.9 Å².